The average Bonchev–Trinajstić information content (AvgIpc) is 3.38. The van der Waals surface area contributed by atoms with Gasteiger partial charge in [-0.15, -0.1) is 11.3 Å². The Balaban J connectivity index is 1.37. The first kappa shape index (κ1) is 22.0. The first-order chi connectivity index (χ1) is 15.6. The Bertz CT molecular complexity index is 1010. The second-order valence-electron chi connectivity index (χ2n) is 7.73. The van der Waals surface area contributed by atoms with Gasteiger partial charge >= 0.3 is 0 Å². The first-order valence-corrected chi connectivity index (χ1v) is 11.6. The highest BCUT2D eigenvalue weighted by atomic mass is 32.1. The topological polar surface area (TPSA) is 61.9 Å². The average molecular weight is 450 g/mol. The van der Waals surface area contributed by atoms with Gasteiger partial charge in [0, 0.05) is 26.2 Å². The molecule has 3 aromatic rings. The number of carbonyl (C=O) groups is 2. The minimum Gasteiger partial charge on any atom is -0.497 e. The van der Waals surface area contributed by atoms with Crippen LogP contribution in [0.25, 0.3) is 0 Å². The van der Waals surface area contributed by atoms with Gasteiger partial charge in [0.2, 0.25) is 5.91 Å². The summed E-state index contributed by atoms with van der Waals surface area (Å²) < 4.78 is 5.26. The molecule has 7 heteroatoms. The van der Waals surface area contributed by atoms with Gasteiger partial charge in [0.15, 0.2) is 0 Å². The molecule has 0 saturated carbocycles. The van der Waals surface area contributed by atoms with E-state index in [-0.39, 0.29) is 17.9 Å². The van der Waals surface area contributed by atoms with E-state index in [1.54, 1.807) is 7.11 Å². The van der Waals surface area contributed by atoms with Crippen LogP contribution < -0.4 is 10.1 Å². The van der Waals surface area contributed by atoms with Crippen molar-refractivity contribution in [2.75, 3.05) is 39.8 Å². The van der Waals surface area contributed by atoms with Crippen molar-refractivity contribution in [2.45, 2.75) is 6.04 Å². The molecule has 32 heavy (non-hydrogen) atoms. The minimum atomic E-state index is -0.240. The molecule has 0 aliphatic carbocycles. The fraction of sp³-hybridized carbons (Fsp3) is 0.280. The molecule has 1 atom stereocenters. The lowest BCUT2D eigenvalue weighted by molar-refractivity contribution is -0.123. The van der Waals surface area contributed by atoms with Crippen LogP contribution in [0.1, 0.15) is 26.8 Å². The standard InChI is InChI=1S/C25H27N3O3S/c1-31-21-11-9-20(10-12-21)24(19-6-3-2-4-7-19)26-23(29)18-27-13-15-28(16-14-27)25(30)22-8-5-17-32-22/h2-12,17,24H,13-16,18H2,1H3,(H,26,29)/t24-/m1/s1. The van der Waals surface area contributed by atoms with Gasteiger partial charge in [0.05, 0.1) is 24.6 Å². The van der Waals surface area contributed by atoms with E-state index in [1.807, 2.05) is 77.0 Å². The molecule has 0 radical (unpaired) electrons. The number of nitrogens with zero attached hydrogens (tertiary/aromatic N) is 2. The summed E-state index contributed by atoms with van der Waals surface area (Å²) in [6, 6.07) is 21.2. The van der Waals surface area contributed by atoms with Crippen molar-refractivity contribution in [3.05, 3.63) is 88.1 Å². The second kappa shape index (κ2) is 10.4. The van der Waals surface area contributed by atoms with Gasteiger partial charge in [0.25, 0.3) is 5.91 Å². The number of methoxy groups -OCH3 is 1. The molecule has 1 saturated heterocycles. The van der Waals surface area contributed by atoms with E-state index in [4.69, 9.17) is 4.74 Å². The molecule has 0 bridgehead atoms. The van der Waals surface area contributed by atoms with E-state index >= 15 is 0 Å². The lowest BCUT2D eigenvalue weighted by Crippen LogP contribution is -2.51. The van der Waals surface area contributed by atoms with Crippen molar-refractivity contribution in [1.82, 2.24) is 15.1 Å². The Labute approximate surface area is 192 Å². The van der Waals surface area contributed by atoms with Gasteiger partial charge in [-0.25, -0.2) is 0 Å². The summed E-state index contributed by atoms with van der Waals surface area (Å²) in [4.78, 5) is 30.2. The number of nitrogens with one attached hydrogen (secondary N) is 1. The van der Waals surface area contributed by atoms with Crippen LogP contribution in [-0.4, -0.2) is 61.4 Å². The SMILES string of the molecule is COc1ccc([C@H](NC(=O)CN2CCN(C(=O)c3cccs3)CC2)c2ccccc2)cc1. The molecule has 1 aliphatic rings. The lowest BCUT2D eigenvalue weighted by Gasteiger charge is -2.34. The minimum absolute atomic E-state index is 0.0345. The number of ether oxygens (including phenoxy) is 1. The maximum Gasteiger partial charge on any atom is 0.264 e. The smallest absolute Gasteiger partial charge is 0.264 e. The summed E-state index contributed by atoms with van der Waals surface area (Å²) in [5.41, 5.74) is 2.02. The summed E-state index contributed by atoms with van der Waals surface area (Å²) in [7, 11) is 1.64. The highest BCUT2D eigenvalue weighted by Gasteiger charge is 2.25. The molecule has 2 heterocycles. The largest absolute Gasteiger partial charge is 0.497 e. The third-order valence-electron chi connectivity index (χ3n) is 5.65. The van der Waals surface area contributed by atoms with Crippen molar-refractivity contribution >= 4 is 23.2 Å². The predicted molar refractivity (Wildman–Crippen MR) is 126 cm³/mol. The van der Waals surface area contributed by atoms with Gasteiger partial charge in [-0.1, -0.05) is 48.5 Å². The van der Waals surface area contributed by atoms with Crippen LogP contribution in [0.15, 0.2) is 72.1 Å². The summed E-state index contributed by atoms with van der Waals surface area (Å²) in [5, 5.41) is 5.11. The lowest BCUT2D eigenvalue weighted by atomic mass is 9.98. The molecule has 166 valence electrons. The van der Waals surface area contributed by atoms with Crippen molar-refractivity contribution in [3.63, 3.8) is 0 Å². The molecule has 1 aliphatic heterocycles. The van der Waals surface area contributed by atoms with Crippen molar-refractivity contribution < 1.29 is 14.3 Å². The van der Waals surface area contributed by atoms with Crippen LogP contribution in [0, 0.1) is 0 Å². The predicted octanol–water partition coefficient (Wildman–Crippen LogP) is 3.42. The number of amides is 2. The molecule has 1 N–H and O–H groups in total. The zero-order valence-electron chi connectivity index (χ0n) is 18.1. The Morgan fingerprint density at radius 2 is 1.62 bits per heavy atom. The summed E-state index contributed by atoms with van der Waals surface area (Å²) >= 11 is 1.46. The Morgan fingerprint density at radius 1 is 0.938 bits per heavy atom. The van der Waals surface area contributed by atoms with Gasteiger partial charge in [-0.05, 0) is 34.7 Å². The Kier molecular flexibility index (Phi) is 7.19. The van der Waals surface area contributed by atoms with Gasteiger partial charge in [-0.2, -0.15) is 0 Å². The third-order valence-corrected chi connectivity index (χ3v) is 6.50. The van der Waals surface area contributed by atoms with E-state index in [1.165, 1.54) is 11.3 Å². The van der Waals surface area contributed by atoms with Crippen LogP contribution in [-0.2, 0) is 4.79 Å². The highest BCUT2D eigenvalue weighted by molar-refractivity contribution is 7.12. The number of thiophene rings is 1. The van der Waals surface area contributed by atoms with Crippen LogP contribution in [0.3, 0.4) is 0 Å². The number of benzene rings is 2. The quantitative estimate of drug-likeness (QED) is 0.601. The van der Waals surface area contributed by atoms with E-state index in [2.05, 4.69) is 10.2 Å². The summed E-state index contributed by atoms with van der Waals surface area (Å²) in [6.07, 6.45) is 0. The molecule has 0 spiro atoms. The number of hydrogen-bond donors (Lipinski definition) is 1. The second-order valence-corrected chi connectivity index (χ2v) is 8.68. The first-order valence-electron chi connectivity index (χ1n) is 10.7. The number of carbonyl (C=O) groups excluding carboxylic acids is 2. The normalized spacial score (nSPS) is 15.2. The zero-order chi connectivity index (χ0) is 22.3. The van der Waals surface area contributed by atoms with E-state index < -0.39 is 0 Å². The number of rotatable bonds is 7. The van der Waals surface area contributed by atoms with E-state index in [0.717, 1.165) is 21.8 Å². The van der Waals surface area contributed by atoms with Crippen LogP contribution >= 0.6 is 11.3 Å². The molecule has 2 amide bonds. The molecular weight excluding hydrogens is 422 g/mol. The molecule has 0 unspecified atom stereocenters. The fourth-order valence-corrected chi connectivity index (χ4v) is 4.57. The van der Waals surface area contributed by atoms with Gasteiger partial charge < -0.3 is 15.0 Å². The van der Waals surface area contributed by atoms with E-state index in [9.17, 15) is 9.59 Å². The molecular formula is C25H27N3O3S. The van der Waals surface area contributed by atoms with E-state index in [0.29, 0.717) is 32.7 Å². The molecule has 1 fully saturated rings. The molecule has 1 aromatic heterocycles. The van der Waals surface area contributed by atoms with Crippen LogP contribution in [0.5, 0.6) is 5.75 Å². The number of hydrogen-bond acceptors (Lipinski definition) is 5. The number of piperazine rings is 1. The monoisotopic (exact) mass is 449 g/mol. The van der Waals surface area contributed by atoms with Crippen molar-refractivity contribution in [1.29, 1.82) is 0 Å². The Hall–Kier alpha value is -3.16. The van der Waals surface area contributed by atoms with Crippen LogP contribution in [0.2, 0.25) is 0 Å². The third kappa shape index (κ3) is 5.36. The van der Waals surface area contributed by atoms with Gasteiger partial charge in [0.1, 0.15) is 5.75 Å². The summed E-state index contributed by atoms with van der Waals surface area (Å²) in [6.45, 7) is 2.93. The molecule has 4 rings (SSSR count). The fourth-order valence-electron chi connectivity index (χ4n) is 3.88. The highest BCUT2D eigenvalue weighted by Crippen LogP contribution is 2.24. The van der Waals surface area contributed by atoms with Crippen LogP contribution in [0.4, 0.5) is 0 Å². The molecule has 2 aromatic carbocycles. The zero-order valence-corrected chi connectivity index (χ0v) is 18.9. The Morgan fingerprint density at radius 3 is 2.25 bits per heavy atom. The summed E-state index contributed by atoms with van der Waals surface area (Å²) in [5.74, 6) is 0.822. The maximum atomic E-state index is 12.9. The maximum absolute atomic E-state index is 12.9. The van der Waals surface area contributed by atoms with Crippen molar-refractivity contribution in [2.24, 2.45) is 0 Å². The van der Waals surface area contributed by atoms with Crippen molar-refractivity contribution in [3.8, 4) is 5.75 Å². The van der Waals surface area contributed by atoms with Gasteiger partial charge in [-0.3, -0.25) is 14.5 Å². The molecule has 6 nitrogen and oxygen atoms in total.